The third-order valence-corrected chi connectivity index (χ3v) is 4.94. The summed E-state index contributed by atoms with van der Waals surface area (Å²) in [5.41, 5.74) is 1.60. The van der Waals surface area contributed by atoms with Crippen LogP contribution in [0.1, 0.15) is 110 Å². The van der Waals surface area contributed by atoms with Gasteiger partial charge >= 0.3 is 0 Å². The predicted molar refractivity (Wildman–Crippen MR) is 96.4 cm³/mol. The maximum Gasteiger partial charge on any atom is 0.0388 e. The lowest BCUT2D eigenvalue weighted by Crippen LogP contribution is -2.17. The van der Waals surface area contributed by atoms with Crippen molar-refractivity contribution in [2.75, 3.05) is 6.54 Å². The van der Waals surface area contributed by atoms with Gasteiger partial charge in [0, 0.05) is 12.3 Å². The molecule has 21 heavy (non-hydrogen) atoms. The van der Waals surface area contributed by atoms with Crippen molar-refractivity contribution in [1.29, 1.82) is 0 Å². The van der Waals surface area contributed by atoms with Gasteiger partial charge in [0.1, 0.15) is 0 Å². The minimum Gasteiger partial charge on any atom is -0.294 e. The van der Waals surface area contributed by atoms with E-state index in [0.29, 0.717) is 0 Å². The topological polar surface area (TPSA) is 12.4 Å². The van der Waals surface area contributed by atoms with E-state index >= 15 is 0 Å². The molecule has 0 aromatic carbocycles. The molecule has 1 aliphatic heterocycles. The molecular weight excluding hydrogens is 254 g/mol. The molecule has 124 valence electrons. The molecule has 1 aliphatic rings. The van der Waals surface area contributed by atoms with Crippen LogP contribution in [0.4, 0.5) is 0 Å². The summed E-state index contributed by atoms with van der Waals surface area (Å²) in [6, 6.07) is 0. The fourth-order valence-corrected chi connectivity index (χ4v) is 3.52. The fourth-order valence-electron chi connectivity index (χ4n) is 3.52. The Labute approximate surface area is 134 Å². The Bertz CT molecular complexity index is 245. The SMILES string of the molecule is CCCCCCC(CCCCCC)/C1=N/CCCCCC1. The first kappa shape index (κ1) is 18.7. The van der Waals surface area contributed by atoms with Crippen LogP contribution < -0.4 is 0 Å². The molecule has 0 amide bonds. The molecule has 0 saturated carbocycles. The maximum absolute atomic E-state index is 5.00. The van der Waals surface area contributed by atoms with Crippen LogP contribution in [0.3, 0.4) is 0 Å². The zero-order valence-electron chi connectivity index (χ0n) is 14.8. The quantitative estimate of drug-likeness (QED) is 0.365. The summed E-state index contributed by atoms with van der Waals surface area (Å²) in [5, 5.41) is 0. The van der Waals surface area contributed by atoms with Gasteiger partial charge in [0.15, 0.2) is 0 Å². The number of nitrogens with zero attached hydrogens (tertiary/aromatic N) is 1. The number of unbranched alkanes of at least 4 members (excludes halogenated alkanes) is 6. The summed E-state index contributed by atoms with van der Waals surface area (Å²) in [5.74, 6) is 0.816. The van der Waals surface area contributed by atoms with Gasteiger partial charge in [-0.25, -0.2) is 0 Å². The molecule has 0 bridgehead atoms. The molecule has 1 nitrogen and oxygen atoms in total. The maximum atomic E-state index is 5.00. The minimum atomic E-state index is 0.816. The Balaban J connectivity index is 2.43. The van der Waals surface area contributed by atoms with Gasteiger partial charge < -0.3 is 0 Å². The second kappa shape index (κ2) is 13.3. The lowest BCUT2D eigenvalue weighted by Gasteiger charge is -2.21. The molecule has 0 aliphatic carbocycles. The highest BCUT2D eigenvalue weighted by molar-refractivity contribution is 5.86. The van der Waals surface area contributed by atoms with Crippen molar-refractivity contribution in [3.63, 3.8) is 0 Å². The molecule has 1 rings (SSSR count). The first-order valence-electron chi connectivity index (χ1n) is 9.91. The van der Waals surface area contributed by atoms with Gasteiger partial charge in [-0.2, -0.15) is 0 Å². The van der Waals surface area contributed by atoms with E-state index in [4.69, 9.17) is 4.99 Å². The molecule has 1 heterocycles. The average Bonchev–Trinajstić information content (AvgIpc) is 2.46. The molecule has 1 heteroatoms. The molecule has 0 spiro atoms. The zero-order chi connectivity index (χ0) is 15.2. The Morgan fingerprint density at radius 3 is 2.00 bits per heavy atom. The number of rotatable bonds is 11. The van der Waals surface area contributed by atoms with Gasteiger partial charge in [0.25, 0.3) is 0 Å². The molecule has 0 radical (unpaired) electrons. The third kappa shape index (κ3) is 9.32. The highest BCUT2D eigenvalue weighted by atomic mass is 14.7. The van der Waals surface area contributed by atoms with E-state index in [-0.39, 0.29) is 0 Å². The molecule has 0 N–H and O–H groups in total. The summed E-state index contributed by atoms with van der Waals surface area (Å²) < 4.78 is 0. The smallest absolute Gasteiger partial charge is 0.0388 e. The van der Waals surface area contributed by atoms with Crippen LogP contribution in [0.5, 0.6) is 0 Å². The Morgan fingerprint density at radius 1 is 0.762 bits per heavy atom. The second-order valence-corrected chi connectivity index (χ2v) is 6.93. The van der Waals surface area contributed by atoms with Crippen molar-refractivity contribution < 1.29 is 0 Å². The summed E-state index contributed by atoms with van der Waals surface area (Å²) >= 11 is 0. The van der Waals surface area contributed by atoms with E-state index in [2.05, 4.69) is 13.8 Å². The minimum absolute atomic E-state index is 0.816. The van der Waals surface area contributed by atoms with Crippen molar-refractivity contribution in [3.8, 4) is 0 Å². The van der Waals surface area contributed by atoms with Gasteiger partial charge in [-0.05, 0) is 38.0 Å². The Morgan fingerprint density at radius 2 is 1.38 bits per heavy atom. The average molecular weight is 294 g/mol. The summed E-state index contributed by atoms with van der Waals surface area (Å²) in [7, 11) is 0. The van der Waals surface area contributed by atoms with E-state index in [9.17, 15) is 0 Å². The standard InChI is InChI=1S/C20H39N/c1-3-5-7-11-15-19(16-12-8-6-4-2)20-17-13-9-10-14-18-21-20/h19H,3-18H2,1-2H3/b21-20+. The Kier molecular flexibility index (Phi) is 11.9. The summed E-state index contributed by atoms with van der Waals surface area (Å²) in [6.07, 6.45) is 20.9. The molecular formula is C20H39N. The third-order valence-electron chi connectivity index (χ3n) is 4.94. The highest BCUT2D eigenvalue weighted by Gasteiger charge is 2.16. The molecule has 0 aromatic rings. The van der Waals surface area contributed by atoms with E-state index in [1.54, 1.807) is 5.71 Å². The molecule has 0 saturated heterocycles. The largest absolute Gasteiger partial charge is 0.294 e. The van der Waals surface area contributed by atoms with E-state index < -0.39 is 0 Å². The summed E-state index contributed by atoms with van der Waals surface area (Å²) in [6.45, 7) is 5.72. The van der Waals surface area contributed by atoms with Crippen molar-refractivity contribution in [3.05, 3.63) is 0 Å². The van der Waals surface area contributed by atoms with Crippen molar-refractivity contribution in [2.24, 2.45) is 10.9 Å². The van der Waals surface area contributed by atoms with Gasteiger partial charge in [0.2, 0.25) is 0 Å². The first-order valence-corrected chi connectivity index (χ1v) is 9.91. The fraction of sp³-hybridized carbons (Fsp3) is 0.950. The number of hydrogen-bond acceptors (Lipinski definition) is 1. The van der Waals surface area contributed by atoms with Crippen molar-refractivity contribution in [1.82, 2.24) is 0 Å². The predicted octanol–water partition coefficient (Wildman–Crippen LogP) is 6.95. The van der Waals surface area contributed by atoms with Gasteiger partial charge in [0.05, 0.1) is 0 Å². The molecule has 0 fully saturated rings. The van der Waals surface area contributed by atoms with Crippen molar-refractivity contribution >= 4 is 5.71 Å². The number of hydrogen-bond donors (Lipinski definition) is 0. The summed E-state index contributed by atoms with van der Waals surface area (Å²) in [4.78, 5) is 5.00. The molecule has 0 unspecified atom stereocenters. The van der Waals surface area contributed by atoms with Crippen LogP contribution in [0.15, 0.2) is 4.99 Å². The van der Waals surface area contributed by atoms with E-state index in [1.165, 1.54) is 96.3 Å². The van der Waals surface area contributed by atoms with Crippen LogP contribution >= 0.6 is 0 Å². The normalized spacial score (nSPS) is 19.1. The van der Waals surface area contributed by atoms with Crippen LogP contribution in [0, 0.1) is 5.92 Å². The van der Waals surface area contributed by atoms with Crippen molar-refractivity contribution in [2.45, 2.75) is 110 Å². The van der Waals surface area contributed by atoms with Crippen LogP contribution in [0.25, 0.3) is 0 Å². The lowest BCUT2D eigenvalue weighted by molar-refractivity contribution is 0.482. The van der Waals surface area contributed by atoms with E-state index in [0.717, 1.165) is 12.5 Å². The van der Waals surface area contributed by atoms with Crippen LogP contribution in [-0.2, 0) is 0 Å². The highest BCUT2D eigenvalue weighted by Crippen LogP contribution is 2.24. The second-order valence-electron chi connectivity index (χ2n) is 6.93. The number of aliphatic imine (C=N–C) groups is 1. The van der Waals surface area contributed by atoms with Gasteiger partial charge in [-0.1, -0.05) is 78.1 Å². The monoisotopic (exact) mass is 293 g/mol. The van der Waals surface area contributed by atoms with Crippen LogP contribution in [-0.4, -0.2) is 12.3 Å². The molecule has 0 aromatic heterocycles. The van der Waals surface area contributed by atoms with Gasteiger partial charge in [-0.15, -0.1) is 0 Å². The van der Waals surface area contributed by atoms with Crippen LogP contribution in [0.2, 0.25) is 0 Å². The zero-order valence-corrected chi connectivity index (χ0v) is 14.8. The molecule has 0 atom stereocenters. The first-order chi connectivity index (χ1) is 10.4. The lowest BCUT2D eigenvalue weighted by atomic mass is 9.87. The van der Waals surface area contributed by atoms with Gasteiger partial charge in [-0.3, -0.25) is 4.99 Å². The van der Waals surface area contributed by atoms with E-state index in [1.807, 2.05) is 0 Å². The Hall–Kier alpha value is -0.330.